The fourth-order valence-corrected chi connectivity index (χ4v) is 5.05. The Morgan fingerprint density at radius 3 is 2.51 bits per heavy atom. The molecule has 1 amide bonds. The molecular weight excluding hydrogens is 520 g/mol. The number of anilines is 3. The van der Waals surface area contributed by atoms with Crippen molar-refractivity contribution in [2.75, 3.05) is 29.4 Å². The number of halogens is 1. The van der Waals surface area contributed by atoms with E-state index >= 15 is 0 Å². The highest BCUT2D eigenvalue weighted by Gasteiger charge is 2.42. The van der Waals surface area contributed by atoms with E-state index in [4.69, 9.17) is 26.9 Å². The smallest absolute Gasteiger partial charge is 0.302 e. The number of methoxy groups -OCH3 is 1. The van der Waals surface area contributed by atoms with E-state index in [0.717, 1.165) is 16.8 Å². The number of ether oxygens (including phenoxy) is 2. The fourth-order valence-electron chi connectivity index (χ4n) is 4.80. The lowest BCUT2D eigenvalue weighted by atomic mass is 9.90. The molecule has 3 aromatic rings. The molecule has 0 radical (unpaired) electrons. The molecule has 3 N–H and O–H groups in total. The predicted octanol–water partition coefficient (Wildman–Crippen LogP) is 4.42. The third kappa shape index (κ3) is 6.16. The summed E-state index contributed by atoms with van der Waals surface area (Å²) in [7, 11) is 3.24. The van der Waals surface area contributed by atoms with Crippen molar-refractivity contribution in [1.82, 2.24) is 0 Å². The van der Waals surface area contributed by atoms with Crippen molar-refractivity contribution in [2.24, 2.45) is 5.84 Å². The van der Waals surface area contributed by atoms with Gasteiger partial charge in [-0.15, -0.1) is 0 Å². The summed E-state index contributed by atoms with van der Waals surface area (Å²) in [4.78, 5) is 40.2. The van der Waals surface area contributed by atoms with Gasteiger partial charge in [0.15, 0.2) is 0 Å². The van der Waals surface area contributed by atoms with Crippen molar-refractivity contribution in [3.05, 3.63) is 82.4 Å². The minimum atomic E-state index is -0.744. The van der Waals surface area contributed by atoms with Gasteiger partial charge in [-0.05, 0) is 60.0 Å². The number of Topliss-reactive ketones (excluding diaryl/α,β-unsaturated/α-hetero) is 1. The summed E-state index contributed by atoms with van der Waals surface area (Å²) in [5.74, 6) is 4.06. The first kappa shape index (κ1) is 27.9. The van der Waals surface area contributed by atoms with Crippen LogP contribution < -0.4 is 25.8 Å². The topological polar surface area (TPSA) is 114 Å². The molecule has 0 saturated heterocycles. The third-order valence-corrected chi connectivity index (χ3v) is 7.05. The molecular formula is C29H31ClN4O5. The molecule has 0 bridgehead atoms. The van der Waals surface area contributed by atoms with Gasteiger partial charge in [-0.3, -0.25) is 14.4 Å². The molecule has 1 aliphatic heterocycles. The number of hydrazine groups is 1. The van der Waals surface area contributed by atoms with Crippen LogP contribution in [0, 0.1) is 0 Å². The first-order valence-electron chi connectivity index (χ1n) is 12.4. The van der Waals surface area contributed by atoms with E-state index in [1.54, 1.807) is 37.4 Å². The van der Waals surface area contributed by atoms with E-state index in [-0.39, 0.29) is 12.6 Å². The maximum absolute atomic E-state index is 13.6. The van der Waals surface area contributed by atoms with E-state index < -0.39 is 23.6 Å². The first-order valence-corrected chi connectivity index (χ1v) is 12.8. The van der Waals surface area contributed by atoms with Crippen LogP contribution in [0.5, 0.6) is 5.75 Å². The average Bonchev–Trinajstić information content (AvgIpc) is 3.18. The lowest BCUT2D eigenvalue weighted by molar-refractivity contribution is -0.142. The van der Waals surface area contributed by atoms with Gasteiger partial charge in [-0.25, -0.2) is 5.84 Å². The van der Waals surface area contributed by atoms with Crippen LogP contribution in [0.1, 0.15) is 36.5 Å². The number of carbonyl (C=O) groups is 3. The quantitative estimate of drug-likeness (QED) is 0.174. The molecule has 1 aliphatic rings. The first-order chi connectivity index (χ1) is 18.6. The van der Waals surface area contributed by atoms with Crippen LogP contribution in [0.15, 0.2) is 60.7 Å². The van der Waals surface area contributed by atoms with Crippen molar-refractivity contribution in [3.8, 4) is 5.75 Å². The molecule has 0 aromatic heterocycles. The number of esters is 1. The van der Waals surface area contributed by atoms with E-state index in [1.165, 1.54) is 19.0 Å². The van der Waals surface area contributed by atoms with Crippen molar-refractivity contribution >= 4 is 46.3 Å². The Balaban J connectivity index is 1.67. The summed E-state index contributed by atoms with van der Waals surface area (Å²) in [6.45, 7) is 3.78. The summed E-state index contributed by atoms with van der Waals surface area (Å²) in [5.41, 5.74) is 4.30. The van der Waals surface area contributed by atoms with Gasteiger partial charge in [-0.1, -0.05) is 29.8 Å². The maximum atomic E-state index is 13.6. The molecule has 4 rings (SSSR count). The Morgan fingerprint density at radius 2 is 1.82 bits per heavy atom. The van der Waals surface area contributed by atoms with Gasteiger partial charge in [0, 0.05) is 44.0 Å². The highest BCUT2D eigenvalue weighted by atomic mass is 35.5. The Kier molecular flexibility index (Phi) is 8.42. The molecule has 0 fully saturated rings. The van der Waals surface area contributed by atoms with Gasteiger partial charge < -0.3 is 24.7 Å². The van der Waals surface area contributed by atoms with Gasteiger partial charge >= 0.3 is 5.97 Å². The van der Waals surface area contributed by atoms with Crippen molar-refractivity contribution in [1.29, 1.82) is 0 Å². The lowest BCUT2D eigenvalue weighted by Crippen LogP contribution is -2.38. The zero-order chi connectivity index (χ0) is 28.3. The molecule has 9 nitrogen and oxygen atoms in total. The van der Waals surface area contributed by atoms with Crippen molar-refractivity contribution in [2.45, 2.75) is 39.0 Å². The molecule has 204 valence electrons. The van der Waals surface area contributed by atoms with E-state index in [0.29, 0.717) is 34.3 Å². The van der Waals surface area contributed by atoms with Gasteiger partial charge in [0.25, 0.3) is 5.91 Å². The van der Waals surface area contributed by atoms with Crippen LogP contribution in [0.3, 0.4) is 0 Å². The number of ketones is 1. The van der Waals surface area contributed by atoms with Crippen LogP contribution in [-0.2, 0) is 32.3 Å². The van der Waals surface area contributed by atoms with Gasteiger partial charge in [0.05, 0.1) is 23.7 Å². The van der Waals surface area contributed by atoms with Crippen molar-refractivity contribution < 1.29 is 23.9 Å². The number of benzene rings is 3. The monoisotopic (exact) mass is 550 g/mol. The summed E-state index contributed by atoms with van der Waals surface area (Å²) in [5, 5.41) is 4.67. The Morgan fingerprint density at radius 1 is 1.08 bits per heavy atom. The molecule has 2 unspecified atom stereocenters. The molecule has 3 aromatic carbocycles. The maximum Gasteiger partial charge on any atom is 0.302 e. The normalized spacial score (nSPS) is 15.9. The molecule has 1 heterocycles. The number of nitrogens with one attached hydrogen (secondary N) is 1. The zero-order valence-electron chi connectivity index (χ0n) is 22.2. The van der Waals surface area contributed by atoms with Gasteiger partial charge in [0.1, 0.15) is 12.4 Å². The molecule has 2 atom stereocenters. The molecule has 10 heteroatoms. The van der Waals surface area contributed by atoms with Crippen LogP contribution in [0.2, 0.25) is 5.02 Å². The Labute approximate surface area is 232 Å². The minimum absolute atomic E-state index is 0.0668. The van der Waals surface area contributed by atoms with Crippen LogP contribution in [0.25, 0.3) is 0 Å². The van der Waals surface area contributed by atoms with Crippen LogP contribution in [0.4, 0.5) is 17.1 Å². The highest BCUT2D eigenvalue weighted by Crippen LogP contribution is 2.43. The molecule has 0 aliphatic carbocycles. The van der Waals surface area contributed by atoms with E-state index in [9.17, 15) is 14.4 Å². The van der Waals surface area contributed by atoms with E-state index in [2.05, 4.69) is 10.2 Å². The summed E-state index contributed by atoms with van der Waals surface area (Å²) >= 11 is 6.30. The average molecular weight is 551 g/mol. The fraction of sp³-hybridized carbons (Fsp3) is 0.276. The zero-order valence-corrected chi connectivity index (χ0v) is 23.0. The van der Waals surface area contributed by atoms with E-state index in [1.807, 2.05) is 37.3 Å². The molecule has 0 saturated carbocycles. The summed E-state index contributed by atoms with van der Waals surface area (Å²) in [6.07, 6.45) is 0. The van der Waals surface area contributed by atoms with Gasteiger partial charge in [0.2, 0.25) is 5.78 Å². The number of nitrogens with two attached hydrogens (primary N) is 1. The van der Waals surface area contributed by atoms with Crippen molar-refractivity contribution in [3.63, 3.8) is 0 Å². The number of nitrogens with zero attached hydrogens (tertiary/aromatic N) is 2. The number of amides is 1. The predicted molar refractivity (Wildman–Crippen MR) is 151 cm³/mol. The highest BCUT2D eigenvalue weighted by molar-refractivity contribution is 6.43. The number of rotatable bonds is 9. The lowest BCUT2D eigenvalue weighted by Gasteiger charge is -2.27. The van der Waals surface area contributed by atoms with Crippen LogP contribution >= 0.6 is 11.6 Å². The number of carbonyl (C=O) groups excluding carboxylic acids is 3. The Bertz CT molecular complexity index is 1410. The SMILES string of the molecule is COc1cccc(NC(=O)C(=O)C2c3cc(COC(C)=O)ccc3N(Cc3ccc(Cl)c(N(C)N)c3)C2C)c1. The number of hydrogen-bond acceptors (Lipinski definition) is 8. The number of fused-ring (bicyclic) bond motifs is 1. The van der Waals surface area contributed by atoms with Crippen LogP contribution in [-0.4, -0.2) is 37.9 Å². The standard InChI is InChI=1S/C29H31ClN4O5/c1-17-27(28(36)29(37)32-21-6-5-7-22(14-21)38-4)23-12-20(16-39-18(2)35)9-11-25(23)34(17)15-19-8-10-24(30)26(13-19)33(3)31/h5-14,17,27H,15-16,31H2,1-4H3,(H,32,37). The second-order valence-electron chi connectivity index (χ2n) is 9.47. The molecule has 39 heavy (non-hydrogen) atoms. The van der Waals surface area contributed by atoms with Gasteiger partial charge in [-0.2, -0.15) is 0 Å². The number of hydrogen-bond donors (Lipinski definition) is 2. The summed E-state index contributed by atoms with van der Waals surface area (Å²) < 4.78 is 10.4. The Hall–Kier alpha value is -4.08. The minimum Gasteiger partial charge on any atom is -0.497 e. The second-order valence-corrected chi connectivity index (χ2v) is 9.87. The largest absolute Gasteiger partial charge is 0.497 e. The second kappa shape index (κ2) is 11.8. The third-order valence-electron chi connectivity index (χ3n) is 6.73. The molecule has 0 spiro atoms. The summed E-state index contributed by atoms with van der Waals surface area (Å²) in [6, 6.07) is 17.6.